The fourth-order valence-corrected chi connectivity index (χ4v) is 3.54. The zero-order valence-electron chi connectivity index (χ0n) is 13.9. The summed E-state index contributed by atoms with van der Waals surface area (Å²) in [4.78, 5) is 13.1. The molecule has 0 aliphatic heterocycles. The van der Waals surface area contributed by atoms with Crippen molar-refractivity contribution >= 4 is 12.1 Å². The largest absolute Gasteiger partial charge is 0.329 e. The Bertz CT molecular complexity index is 685. The number of rotatable bonds is 8. The first-order valence-corrected chi connectivity index (χ1v) is 8.51. The van der Waals surface area contributed by atoms with E-state index in [-0.39, 0.29) is 0 Å². The van der Waals surface area contributed by atoms with E-state index >= 15 is 0 Å². The van der Waals surface area contributed by atoms with Gasteiger partial charge < -0.3 is 5.32 Å². The maximum atomic E-state index is 10.6. The number of hydrogen-bond donors (Lipinski definition) is 1. The highest BCUT2D eigenvalue weighted by atomic mass is 16.1. The normalized spacial score (nSPS) is 13.7. The Kier molecular flexibility index (Phi) is 5.44. The minimum absolute atomic E-state index is 0.552. The van der Waals surface area contributed by atoms with Crippen LogP contribution in [0.15, 0.2) is 61.2 Å². The summed E-state index contributed by atoms with van der Waals surface area (Å²) in [6.07, 6.45) is 5.93. The molecule has 0 spiro atoms. The van der Waals surface area contributed by atoms with Crippen molar-refractivity contribution in [3.63, 3.8) is 0 Å². The van der Waals surface area contributed by atoms with E-state index in [1.54, 1.807) is 0 Å². The summed E-state index contributed by atoms with van der Waals surface area (Å²) in [6, 6.07) is 17.4. The molecule has 1 N–H and O–H groups in total. The topological polar surface area (TPSA) is 32.3 Å². The Labute approximate surface area is 144 Å². The molecule has 0 aromatic heterocycles. The Morgan fingerprint density at radius 2 is 1.88 bits per heavy atom. The van der Waals surface area contributed by atoms with Gasteiger partial charge in [-0.15, -0.1) is 6.58 Å². The van der Waals surface area contributed by atoms with Crippen LogP contribution in [-0.4, -0.2) is 30.4 Å². The molecular weight excluding hydrogens is 296 g/mol. The molecule has 0 bridgehead atoms. The van der Waals surface area contributed by atoms with Crippen LogP contribution in [0.5, 0.6) is 0 Å². The van der Waals surface area contributed by atoms with Crippen molar-refractivity contribution in [3.8, 4) is 0 Å². The van der Waals surface area contributed by atoms with Gasteiger partial charge in [-0.1, -0.05) is 42.5 Å². The molecule has 0 fully saturated rings. The van der Waals surface area contributed by atoms with E-state index in [1.165, 1.54) is 16.7 Å². The van der Waals surface area contributed by atoms with E-state index in [2.05, 4.69) is 47.1 Å². The van der Waals surface area contributed by atoms with Gasteiger partial charge >= 0.3 is 0 Å². The number of amides is 1. The van der Waals surface area contributed by atoms with Gasteiger partial charge in [0, 0.05) is 24.8 Å². The lowest BCUT2D eigenvalue weighted by molar-refractivity contribution is -0.105. The van der Waals surface area contributed by atoms with E-state index in [4.69, 9.17) is 0 Å². The third-order valence-corrected chi connectivity index (χ3v) is 4.75. The van der Waals surface area contributed by atoms with Crippen LogP contribution in [0.3, 0.4) is 0 Å². The molecule has 3 heteroatoms. The fraction of sp³-hybridized carbons (Fsp3) is 0.286. The molecule has 0 saturated carbocycles. The van der Waals surface area contributed by atoms with E-state index < -0.39 is 0 Å². The van der Waals surface area contributed by atoms with Crippen LogP contribution in [0.4, 0.5) is 5.69 Å². The molecule has 3 nitrogen and oxygen atoms in total. The standard InChI is InChI=1S/C21H24N2O/c1-2-11-23(21-14-18-7-3-4-8-19(18)15-21)12-10-17-6-5-9-20(13-17)22-16-24/h2-9,13,16,21H,1,10-12,14-15H2,(H,22,24). The van der Waals surface area contributed by atoms with Gasteiger partial charge in [-0.3, -0.25) is 9.69 Å². The zero-order valence-corrected chi connectivity index (χ0v) is 13.9. The number of nitrogens with one attached hydrogen (secondary N) is 1. The van der Waals surface area contributed by atoms with Crippen molar-refractivity contribution in [2.45, 2.75) is 25.3 Å². The molecule has 0 saturated heterocycles. The predicted molar refractivity (Wildman–Crippen MR) is 99.2 cm³/mol. The van der Waals surface area contributed by atoms with Gasteiger partial charge in [-0.05, 0) is 48.1 Å². The fourth-order valence-electron chi connectivity index (χ4n) is 3.54. The molecule has 0 heterocycles. The Balaban J connectivity index is 1.64. The first-order chi connectivity index (χ1) is 11.8. The quantitative estimate of drug-likeness (QED) is 0.597. The smallest absolute Gasteiger partial charge is 0.211 e. The SMILES string of the molecule is C=CCN(CCc1cccc(NC=O)c1)C1Cc2ccccc2C1. The highest BCUT2D eigenvalue weighted by molar-refractivity contribution is 5.71. The number of nitrogens with zero attached hydrogens (tertiary/aromatic N) is 1. The summed E-state index contributed by atoms with van der Waals surface area (Å²) in [7, 11) is 0. The van der Waals surface area contributed by atoms with Crippen LogP contribution in [-0.2, 0) is 24.1 Å². The van der Waals surface area contributed by atoms with Crippen molar-refractivity contribution in [1.82, 2.24) is 4.90 Å². The molecule has 3 rings (SSSR count). The molecule has 2 aromatic carbocycles. The lowest BCUT2D eigenvalue weighted by atomic mass is 10.1. The number of carbonyl (C=O) groups is 1. The second-order valence-electron chi connectivity index (χ2n) is 6.33. The average Bonchev–Trinajstić information content (AvgIpc) is 3.03. The minimum Gasteiger partial charge on any atom is -0.329 e. The number of fused-ring (bicyclic) bond motifs is 1. The average molecular weight is 320 g/mol. The van der Waals surface area contributed by atoms with Crippen LogP contribution >= 0.6 is 0 Å². The van der Waals surface area contributed by atoms with E-state index in [1.807, 2.05) is 24.3 Å². The summed E-state index contributed by atoms with van der Waals surface area (Å²) >= 11 is 0. The van der Waals surface area contributed by atoms with Crippen LogP contribution in [0.25, 0.3) is 0 Å². The van der Waals surface area contributed by atoms with E-state index in [9.17, 15) is 4.79 Å². The maximum Gasteiger partial charge on any atom is 0.211 e. The van der Waals surface area contributed by atoms with E-state index in [0.717, 1.165) is 44.4 Å². The molecular formula is C21H24N2O. The Morgan fingerprint density at radius 1 is 1.12 bits per heavy atom. The number of hydrogen-bond acceptors (Lipinski definition) is 2. The summed E-state index contributed by atoms with van der Waals surface area (Å²) in [6.45, 7) is 5.83. The molecule has 1 aliphatic carbocycles. The molecule has 0 radical (unpaired) electrons. The Morgan fingerprint density at radius 3 is 2.54 bits per heavy atom. The monoisotopic (exact) mass is 320 g/mol. The highest BCUT2D eigenvalue weighted by Gasteiger charge is 2.25. The van der Waals surface area contributed by atoms with Crippen LogP contribution < -0.4 is 5.32 Å². The van der Waals surface area contributed by atoms with Gasteiger partial charge in [0.25, 0.3) is 0 Å². The molecule has 24 heavy (non-hydrogen) atoms. The lowest BCUT2D eigenvalue weighted by Gasteiger charge is -2.27. The van der Waals surface area contributed by atoms with Gasteiger partial charge in [0.1, 0.15) is 0 Å². The summed E-state index contributed by atoms with van der Waals surface area (Å²) in [5.74, 6) is 0. The molecule has 124 valence electrons. The summed E-state index contributed by atoms with van der Waals surface area (Å²) in [5, 5.41) is 2.72. The Hall–Kier alpha value is -2.39. The first-order valence-electron chi connectivity index (χ1n) is 8.51. The van der Waals surface area contributed by atoms with Crippen molar-refractivity contribution in [2.24, 2.45) is 0 Å². The van der Waals surface area contributed by atoms with Gasteiger partial charge in [0.15, 0.2) is 0 Å². The molecule has 0 unspecified atom stereocenters. The number of carbonyl (C=O) groups excluding carboxylic acids is 1. The van der Waals surface area contributed by atoms with Gasteiger partial charge in [-0.25, -0.2) is 0 Å². The van der Waals surface area contributed by atoms with Crippen molar-refractivity contribution in [1.29, 1.82) is 0 Å². The van der Waals surface area contributed by atoms with Crippen LogP contribution in [0.2, 0.25) is 0 Å². The summed E-state index contributed by atoms with van der Waals surface area (Å²) < 4.78 is 0. The third-order valence-electron chi connectivity index (χ3n) is 4.75. The van der Waals surface area contributed by atoms with Gasteiger partial charge in [0.2, 0.25) is 6.41 Å². The van der Waals surface area contributed by atoms with Crippen molar-refractivity contribution in [3.05, 3.63) is 77.9 Å². The maximum absolute atomic E-state index is 10.6. The number of anilines is 1. The van der Waals surface area contributed by atoms with Crippen molar-refractivity contribution in [2.75, 3.05) is 18.4 Å². The zero-order chi connectivity index (χ0) is 16.8. The van der Waals surface area contributed by atoms with Crippen molar-refractivity contribution < 1.29 is 4.79 Å². The van der Waals surface area contributed by atoms with E-state index in [0.29, 0.717) is 6.04 Å². The van der Waals surface area contributed by atoms with Crippen LogP contribution in [0.1, 0.15) is 16.7 Å². The molecule has 2 aromatic rings. The second-order valence-corrected chi connectivity index (χ2v) is 6.33. The van der Waals surface area contributed by atoms with Crippen LogP contribution in [0, 0.1) is 0 Å². The number of benzene rings is 2. The molecule has 1 aliphatic rings. The molecule has 1 amide bonds. The van der Waals surface area contributed by atoms with Gasteiger partial charge in [-0.2, -0.15) is 0 Å². The third kappa shape index (κ3) is 3.92. The van der Waals surface area contributed by atoms with Gasteiger partial charge in [0.05, 0.1) is 0 Å². The lowest BCUT2D eigenvalue weighted by Crippen LogP contribution is -2.37. The predicted octanol–water partition coefficient (Wildman–Crippen LogP) is 3.45. The molecule has 0 atom stereocenters. The second kappa shape index (κ2) is 7.93. The summed E-state index contributed by atoms with van der Waals surface area (Å²) in [5.41, 5.74) is 5.06. The highest BCUT2D eigenvalue weighted by Crippen LogP contribution is 2.25. The minimum atomic E-state index is 0.552. The first kappa shape index (κ1) is 16.5.